The summed E-state index contributed by atoms with van der Waals surface area (Å²) >= 11 is 9.22. The van der Waals surface area contributed by atoms with Gasteiger partial charge in [-0.15, -0.1) is 0 Å². The van der Waals surface area contributed by atoms with Gasteiger partial charge in [-0.05, 0) is 76.1 Å². The molecule has 1 amide bonds. The molecule has 0 unspecified atom stereocenters. The van der Waals surface area contributed by atoms with Gasteiger partial charge in [0.2, 0.25) is 0 Å². The Hall–Kier alpha value is -3.16. The first-order valence-electron chi connectivity index (χ1n) is 8.78. The van der Waals surface area contributed by atoms with Crippen LogP contribution >= 0.6 is 27.5 Å². The standard InChI is InChI=1S/C22H16BrClN2O4/c23-19-6-1-2-7-20(19)29-14-21(27)26-25-13-15-8-10-18(11-9-15)30-22(28)16-4-3-5-17(24)12-16/h1-13H,14H2,(H,26,27)/b25-13+. The zero-order valence-corrected chi connectivity index (χ0v) is 17.9. The molecule has 0 aromatic heterocycles. The van der Waals surface area contributed by atoms with Gasteiger partial charge in [-0.3, -0.25) is 4.79 Å². The molecular weight excluding hydrogens is 472 g/mol. The number of rotatable bonds is 7. The van der Waals surface area contributed by atoms with Crippen molar-refractivity contribution in [3.05, 3.63) is 93.4 Å². The van der Waals surface area contributed by atoms with E-state index >= 15 is 0 Å². The van der Waals surface area contributed by atoms with Gasteiger partial charge in [-0.2, -0.15) is 5.10 Å². The molecule has 0 aliphatic heterocycles. The Balaban J connectivity index is 1.48. The third-order valence-corrected chi connectivity index (χ3v) is 4.64. The lowest BCUT2D eigenvalue weighted by Crippen LogP contribution is -2.24. The first-order valence-corrected chi connectivity index (χ1v) is 9.95. The van der Waals surface area contributed by atoms with Crippen molar-refractivity contribution >= 4 is 45.6 Å². The summed E-state index contributed by atoms with van der Waals surface area (Å²) in [5.74, 6) is 0.0489. The molecule has 0 spiro atoms. The Morgan fingerprint density at radius 1 is 1.03 bits per heavy atom. The van der Waals surface area contributed by atoms with Crippen LogP contribution in [-0.2, 0) is 4.79 Å². The van der Waals surface area contributed by atoms with Gasteiger partial charge in [0.1, 0.15) is 11.5 Å². The largest absolute Gasteiger partial charge is 0.483 e. The van der Waals surface area contributed by atoms with E-state index in [1.807, 2.05) is 18.2 Å². The molecule has 152 valence electrons. The van der Waals surface area contributed by atoms with E-state index in [4.69, 9.17) is 21.1 Å². The number of carbonyl (C=O) groups excluding carboxylic acids is 2. The normalized spacial score (nSPS) is 10.6. The van der Waals surface area contributed by atoms with Crippen molar-refractivity contribution in [2.24, 2.45) is 5.10 Å². The maximum absolute atomic E-state index is 12.1. The number of nitrogens with zero attached hydrogens (tertiary/aromatic N) is 1. The van der Waals surface area contributed by atoms with E-state index < -0.39 is 11.9 Å². The van der Waals surface area contributed by atoms with Crippen LogP contribution in [0.1, 0.15) is 15.9 Å². The molecule has 0 saturated carbocycles. The second-order valence-corrected chi connectivity index (χ2v) is 7.27. The number of amides is 1. The van der Waals surface area contributed by atoms with Crippen LogP contribution in [0.3, 0.4) is 0 Å². The van der Waals surface area contributed by atoms with Crippen LogP contribution in [0.25, 0.3) is 0 Å². The summed E-state index contributed by atoms with van der Waals surface area (Å²) in [4.78, 5) is 23.9. The predicted octanol–water partition coefficient (Wildman–Crippen LogP) is 4.85. The summed E-state index contributed by atoms with van der Waals surface area (Å²) in [6.07, 6.45) is 1.47. The van der Waals surface area contributed by atoms with Gasteiger partial charge in [-0.1, -0.05) is 29.8 Å². The van der Waals surface area contributed by atoms with Crippen molar-refractivity contribution in [2.75, 3.05) is 6.61 Å². The van der Waals surface area contributed by atoms with Crippen LogP contribution < -0.4 is 14.9 Å². The lowest BCUT2D eigenvalue weighted by molar-refractivity contribution is -0.123. The van der Waals surface area contributed by atoms with Crippen molar-refractivity contribution in [3.8, 4) is 11.5 Å². The summed E-state index contributed by atoms with van der Waals surface area (Å²) < 4.78 is 11.5. The number of benzene rings is 3. The highest BCUT2D eigenvalue weighted by molar-refractivity contribution is 9.10. The minimum absolute atomic E-state index is 0.168. The molecule has 0 radical (unpaired) electrons. The predicted molar refractivity (Wildman–Crippen MR) is 118 cm³/mol. The number of hydrogen-bond acceptors (Lipinski definition) is 5. The number of hydrogen-bond donors (Lipinski definition) is 1. The highest BCUT2D eigenvalue weighted by Crippen LogP contribution is 2.23. The van der Waals surface area contributed by atoms with Gasteiger partial charge in [0.15, 0.2) is 6.61 Å². The van der Waals surface area contributed by atoms with Crippen molar-refractivity contribution in [1.82, 2.24) is 5.43 Å². The number of carbonyl (C=O) groups is 2. The molecule has 3 aromatic carbocycles. The molecule has 8 heteroatoms. The van der Waals surface area contributed by atoms with E-state index in [1.54, 1.807) is 48.5 Å². The van der Waals surface area contributed by atoms with Gasteiger partial charge in [0.25, 0.3) is 5.91 Å². The van der Waals surface area contributed by atoms with Gasteiger partial charge in [0, 0.05) is 5.02 Å². The smallest absolute Gasteiger partial charge is 0.343 e. The minimum atomic E-state index is -0.503. The molecule has 30 heavy (non-hydrogen) atoms. The second kappa shape index (κ2) is 10.6. The number of hydrazone groups is 1. The SMILES string of the molecule is O=C(COc1ccccc1Br)N/N=C/c1ccc(OC(=O)c2cccc(Cl)c2)cc1. The van der Waals surface area contributed by atoms with Crippen LogP contribution in [0.15, 0.2) is 82.4 Å². The molecule has 0 aliphatic rings. The molecular formula is C22H16BrClN2O4. The molecule has 0 saturated heterocycles. The quantitative estimate of drug-likeness (QED) is 0.224. The van der Waals surface area contributed by atoms with Crippen molar-refractivity contribution in [1.29, 1.82) is 0 Å². The van der Waals surface area contributed by atoms with Crippen molar-refractivity contribution < 1.29 is 19.1 Å². The van der Waals surface area contributed by atoms with E-state index in [2.05, 4.69) is 26.5 Å². The third kappa shape index (κ3) is 6.43. The van der Waals surface area contributed by atoms with E-state index in [0.29, 0.717) is 27.6 Å². The Bertz CT molecular complexity index is 1070. The van der Waals surface area contributed by atoms with Crippen LogP contribution in [0.5, 0.6) is 11.5 Å². The van der Waals surface area contributed by atoms with Crippen LogP contribution in [0.2, 0.25) is 5.02 Å². The Labute approximate surface area is 186 Å². The molecule has 3 rings (SSSR count). The summed E-state index contributed by atoms with van der Waals surface area (Å²) in [6.45, 7) is -0.168. The molecule has 0 fully saturated rings. The summed E-state index contributed by atoms with van der Waals surface area (Å²) in [6, 6.07) is 20.4. The number of halogens is 2. The van der Waals surface area contributed by atoms with Gasteiger partial charge in [0.05, 0.1) is 16.3 Å². The van der Waals surface area contributed by atoms with Crippen LogP contribution in [-0.4, -0.2) is 24.7 Å². The Morgan fingerprint density at radius 2 is 1.80 bits per heavy atom. The molecule has 1 N–H and O–H groups in total. The topological polar surface area (TPSA) is 77.0 Å². The second-order valence-electron chi connectivity index (χ2n) is 5.98. The Morgan fingerprint density at radius 3 is 2.53 bits per heavy atom. The van der Waals surface area contributed by atoms with Gasteiger partial charge >= 0.3 is 5.97 Å². The van der Waals surface area contributed by atoms with E-state index in [9.17, 15) is 9.59 Å². The third-order valence-electron chi connectivity index (χ3n) is 3.75. The highest BCUT2D eigenvalue weighted by atomic mass is 79.9. The monoisotopic (exact) mass is 486 g/mol. The highest BCUT2D eigenvalue weighted by Gasteiger charge is 2.09. The number of nitrogens with one attached hydrogen (secondary N) is 1. The lowest BCUT2D eigenvalue weighted by atomic mass is 10.2. The number of ether oxygens (including phenoxy) is 2. The maximum atomic E-state index is 12.1. The zero-order chi connectivity index (χ0) is 21.3. The van der Waals surface area contributed by atoms with Gasteiger partial charge < -0.3 is 9.47 Å². The first kappa shape index (κ1) is 21.5. The van der Waals surface area contributed by atoms with Crippen LogP contribution in [0, 0.1) is 0 Å². The van der Waals surface area contributed by atoms with E-state index in [1.165, 1.54) is 12.3 Å². The Kier molecular flexibility index (Phi) is 7.59. The molecule has 6 nitrogen and oxygen atoms in total. The van der Waals surface area contributed by atoms with Gasteiger partial charge in [-0.25, -0.2) is 10.2 Å². The summed E-state index contributed by atoms with van der Waals surface area (Å²) in [7, 11) is 0. The minimum Gasteiger partial charge on any atom is -0.483 e. The molecule has 3 aromatic rings. The molecule has 0 aliphatic carbocycles. The average molecular weight is 488 g/mol. The van der Waals surface area contributed by atoms with E-state index in [0.717, 1.165) is 4.47 Å². The fourth-order valence-corrected chi connectivity index (χ4v) is 2.91. The van der Waals surface area contributed by atoms with Crippen molar-refractivity contribution in [3.63, 3.8) is 0 Å². The molecule has 0 heterocycles. The number of esters is 1. The average Bonchev–Trinajstić information content (AvgIpc) is 2.74. The fraction of sp³-hybridized carbons (Fsp3) is 0.0455. The summed E-state index contributed by atoms with van der Waals surface area (Å²) in [5, 5.41) is 4.34. The molecule has 0 bridgehead atoms. The van der Waals surface area contributed by atoms with Crippen molar-refractivity contribution in [2.45, 2.75) is 0 Å². The zero-order valence-electron chi connectivity index (χ0n) is 15.5. The first-order chi connectivity index (χ1) is 14.5. The lowest BCUT2D eigenvalue weighted by Gasteiger charge is -2.06. The maximum Gasteiger partial charge on any atom is 0.343 e. The van der Waals surface area contributed by atoms with Crippen LogP contribution in [0.4, 0.5) is 0 Å². The number of para-hydroxylation sites is 1. The fourth-order valence-electron chi connectivity index (χ4n) is 2.32. The molecule has 0 atom stereocenters. The van der Waals surface area contributed by atoms with E-state index in [-0.39, 0.29) is 6.61 Å². The summed E-state index contributed by atoms with van der Waals surface area (Å²) in [5.41, 5.74) is 3.46.